The molecule has 0 radical (unpaired) electrons. The van der Waals surface area contributed by atoms with Gasteiger partial charge in [-0.2, -0.15) is 0 Å². The number of carbonyl (C=O) groups excluding carboxylic acids is 3. The van der Waals surface area contributed by atoms with E-state index >= 15 is 0 Å². The third-order valence-corrected chi connectivity index (χ3v) is 4.38. The van der Waals surface area contributed by atoms with E-state index in [0.717, 1.165) is 4.90 Å². The van der Waals surface area contributed by atoms with Crippen molar-refractivity contribution in [3.05, 3.63) is 59.7 Å². The van der Waals surface area contributed by atoms with Crippen LogP contribution in [0, 0.1) is 5.92 Å². The minimum Gasteiger partial charge on any atom is -0.497 e. The average Bonchev–Trinajstić information content (AvgIpc) is 2.91. The molecule has 0 N–H and O–H groups in total. The fourth-order valence-electron chi connectivity index (χ4n) is 3.07. The molecule has 0 aromatic heterocycles. The smallest absolute Gasteiger partial charge is 0.334 e. The third-order valence-electron chi connectivity index (χ3n) is 4.38. The monoisotopic (exact) mass is 367 g/mol. The standard InChI is InChI=1S/C21H21NO5/c1-13(2)12-18(21(25)27-15-10-8-14(26-3)9-11-15)22-19(23)16-6-4-5-7-17(16)20(22)24/h4-11,13,18H,12H2,1-3H3/t18-/m1/s1. The van der Waals surface area contributed by atoms with Gasteiger partial charge in [0.25, 0.3) is 11.8 Å². The van der Waals surface area contributed by atoms with E-state index in [1.165, 1.54) is 0 Å². The SMILES string of the molecule is COc1ccc(OC(=O)[C@@H](CC(C)C)N2C(=O)c3ccccc3C2=O)cc1. The van der Waals surface area contributed by atoms with Crippen LogP contribution in [0.3, 0.4) is 0 Å². The number of methoxy groups -OCH3 is 1. The summed E-state index contributed by atoms with van der Waals surface area (Å²) in [5.74, 6) is -0.521. The Hall–Kier alpha value is -3.15. The Kier molecular flexibility index (Phi) is 5.26. The lowest BCUT2D eigenvalue weighted by atomic mass is 10.0. The van der Waals surface area contributed by atoms with Crippen LogP contribution in [-0.4, -0.2) is 35.8 Å². The van der Waals surface area contributed by atoms with Gasteiger partial charge in [-0.05, 0) is 48.7 Å². The van der Waals surface area contributed by atoms with Crippen LogP contribution in [0.4, 0.5) is 0 Å². The molecule has 6 heteroatoms. The summed E-state index contributed by atoms with van der Waals surface area (Å²) >= 11 is 0. The lowest BCUT2D eigenvalue weighted by Crippen LogP contribution is -2.47. The number of esters is 1. The summed E-state index contributed by atoms with van der Waals surface area (Å²) in [5.41, 5.74) is 0.627. The second-order valence-corrected chi connectivity index (χ2v) is 6.77. The molecular formula is C21H21NO5. The number of nitrogens with zero attached hydrogens (tertiary/aromatic N) is 1. The summed E-state index contributed by atoms with van der Waals surface area (Å²) in [6, 6.07) is 12.1. The maximum atomic E-state index is 12.8. The van der Waals surface area contributed by atoms with Gasteiger partial charge in [-0.15, -0.1) is 0 Å². The van der Waals surface area contributed by atoms with Gasteiger partial charge in [0.2, 0.25) is 0 Å². The van der Waals surface area contributed by atoms with Gasteiger partial charge in [0.1, 0.15) is 17.5 Å². The van der Waals surface area contributed by atoms with Gasteiger partial charge >= 0.3 is 5.97 Å². The Morgan fingerprint density at radius 3 is 1.93 bits per heavy atom. The van der Waals surface area contributed by atoms with Crippen molar-refractivity contribution in [3.8, 4) is 11.5 Å². The van der Waals surface area contributed by atoms with Crippen molar-refractivity contribution < 1.29 is 23.9 Å². The summed E-state index contributed by atoms with van der Waals surface area (Å²) in [5, 5.41) is 0. The zero-order valence-corrected chi connectivity index (χ0v) is 15.5. The second kappa shape index (κ2) is 7.61. The predicted molar refractivity (Wildman–Crippen MR) is 98.8 cm³/mol. The van der Waals surface area contributed by atoms with E-state index in [9.17, 15) is 14.4 Å². The average molecular weight is 367 g/mol. The van der Waals surface area contributed by atoms with Crippen LogP contribution in [0.5, 0.6) is 11.5 Å². The Balaban J connectivity index is 1.86. The predicted octanol–water partition coefficient (Wildman–Crippen LogP) is 3.31. The van der Waals surface area contributed by atoms with E-state index in [1.807, 2.05) is 13.8 Å². The molecule has 140 valence electrons. The van der Waals surface area contributed by atoms with Crippen molar-refractivity contribution in [2.45, 2.75) is 26.3 Å². The zero-order valence-electron chi connectivity index (χ0n) is 15.5. The topological polar surface area (TPSA) is 72.9 Å². The first kappa shape index (κ1) is 18.6. The number of fused-ring (bicyclic) bond motifs is 1. The molecule has 2 aromatic rings. The van der Waals surface area contributed by atoms with Crippen molar-refractivity contribution in [1.82, 2.24) is 4.90 Å². The fourth-order valence-corrected chi connectivity index (χ4v) is 3.07. The summed E-state index contributed by atoms with van der Waals surface area (Å²) in [7, 11) is 1.54. The Morgan fingerprint density at radius 1 is 0.926 bits per heavy atom. The minimum atomic E-state index is -0.987. The first-order valence-corrected chi connectivity index (χ1v) is 8.75. The van der Waals surface area contributed by atoms with E-state index in [4.69, 9.17) is 9.47 Å². The van der Waals surface area contributed by atoms with Crippen LogP contribution < -0.4 is 9.47 Å². The highest BCUT2D eigenvalue weighted by atomic mass is 16.5. The molecule has 27 heavy (non-hydrogen) atoms. The number of imide groups is 1. The van der Waals surface area contributed by atoms with Gasteiger partial charge in [0.15, 0.2) is 0 Å². The van der Waals surface area contributed by atoms with Crippen LogP contribution in [0.1, 0.15) is 41.0 Å². The normalized spacial score (nSPS) is 14.3. The van der Waals surface area contributed by atoms with Crippen LogP contribution in [0.2, 0.25) is 0 Å². The van der Waals surface area contributed by atoms with E-state index in [2.05, 4.69) is 0 Å². The van der Waals surface area contributed by atoms with E-state index in [-0.39, 0.29) is 5.92 Å². The number of benzene rings is 2. The highest BCUT2D eigenvalue weighted by molar-refractivity contribution is 6.22. The summed E-state index contributed by atoms with van der Waals surface area (Å²) in [6.07, 6.45) is 0.320. The minimum absolute atomic E-state index is 0.0859. The van der Waals surface area contributed by atoms with Crippen LogP contribution in [-0.2, 0) is 4.79 Å². The van der Waals surface area contributed by atoms with E-state index in [1.54, 1.807) is 55.6 Å². The Bertz CT molecular complexity index is 837. The molecule has 3 rings (SSSR count). The van der Waals surface area contributed by atoms with Crippen LogP contribution >= 0.6 is 0 Å². The maximum Gasteiger partial charge on any atom is 0.334 e. The quantitative estimate of drug-likeness (QED) is 0.445. The van der Waals surface area contributed by atoms with Crippen molar-refractivity contribution in [3.63, 3.8) is 0 Å². The fraction of sp³-hybridized carbons (Fsp3) is 0.286. The molecule has 0 saturated heterocycles. The van der Waals surface area contributed by atoms with Gasteiger partial charge in [-0.3, -0.25) is 14.5 Å². The Labute approximate surface area is 157 Å². The highest BCUT2D eigenvalue weighted by Gasteiger charge is 2.43. The Morgan fingerprint density at radius 2 is 1.44 bits per heavy atom. The molecule has 0 unspecified atom stereocenters. The largest absolute Gasteiger partial charge is 0.497 e. The molecule has 6 nitrogen and oxygen atoms in total. The van der Waals surface area contributed by atoms with Gasteiger partial charge in [-0.25, -0.2) is 4.79 Å². The molecule has 0 saturated carbocycles. The number of hydrogen-bond acceptors (Lipinski definition) is 5. The molecule has 0 spiro atoms. The van der Waals surface area contributed by atoms with Crippen molar-refractivity contribution in [2.75, 3.05) is 7.11 Å². The third kappa shape index (κ3) is 3.69. The maximum absolute atomic E-state index is 12.8. The second-order valence-electron chi connectivity index (χ2n) is 6.77. The first-order chi connectivity index (χ1) is 12.9. The van der Waals surface area contributed by atoms with Gasteiger partial charge < -0.3 is 9.47 Å². The van der Waals surface area contributed by atoms with Crippen molar-refractivity contribution in [1.29, 1.82) is 0 Å². The molecule has 1 aliphatic rings. The summed E-state index contributed by atoms with van der Waals surface area (Å²) in [6.45, 7) is 3.84. The summed E-state index contributed by atoms with van der Waals surface area (Å²) < 4.78 is 10.5. The number of ether oxygens (including phenoxy) is 2. The zero-order chi connectivity index (χ0) is 19.6. The van der Waals surface area contributed by atoms with Gasteiger partial charge in [0, 0.05) is 0 Å². The molecule has 1 atom stereocenters. The highest BCUT2D eigenvalue weighted by Crippen LogP contribution is 2.28. The molecule has 0 bridgehead atoms. The molecule has 1 aliphatic heterocycles. The van der Waals surface area contributed by atoms with Crippen molar-refractivity contribution in [2.24, 2.45) is 5.92 Å². The molecule has 1 heterocycles. The number of carbonyl (C=O) groups is 3. The lowest BCUT2D eigenvalue weighted by Gasteiger charge is -2.25. The van der Waals surface area contributed by atoms with Gasteiger partial charge in [-0.1, -0.05) is 26.0 Å². The lowest BCUT2D eigenvalue weighted by molar-refractivity contribution is -0.139. The number of amides is 2. The molecule has 0 aliphatic carbocycles. The number of hydrogen-bond donors (Lipinski definition) is 0. The summed E-state index contributed by atoms with van der Waals surface area (Å²) in [4.78, 5) is 39.4. The van der Waals surface area contributed by atoms with E-state index < -0.39 is 23.8 Å². The van der Waals surface area contributed by atoms with Gasteiger partial charge in [0.05, 0.1) is 18.2 Å². The van der Waals surface area contributed by atoms with Crippen LogP contribution in [0.25, 0.3) is 0 Å². The van der Waals surface area contributed by atoms with E-state index in [0.29, 0.717) is 29.0 Å². The molecule has 2 aromatic carbocycles. The van der Waals surface area contributed by atoms with Crippen LogP contribution in [0.15, 0.2) is 48.5 Å². The first-order valence-electron chi connectivity index (χ1n) is 8.75. The number of rotatable bonds is 6. The van der Waals surface area contributed by atoms with Crippen molar-refractivity contribution >= 4 is 17.8 Å². The molecule has 0 fully saturated rings. The molecule has 2 amide bonds. The molecular weight excluding hydrogens is 346 g/mol.